The summed E-state index contributed by atoms with van der Waals surface area (Å²) in [4.78, 5) is 10.5. The van der Waals surface area contributed by atoms with E-state index in [1.54, 1.807) is 6.92 Å². The fourth-order valence-corrected chi connectivity index (χ4v) is 2.18. The second kappa shape index (κ2) is 3.26. The predicted octanol–water partition coefficient (Wildman–Crippen LogP) is -0.402. The predicted molar refractivity (Wildman–Crippen MR) is 46.7 cm³/mol. The molecule has 0 radical (unpaired) electrons. The zero-order valence-electron chi connectivity index (χ0n) is 7.60. The molecule has 1 heterocycles. The first-order valence-electron chi connectivity index (χ1n) is 4.00. The highest BCUT2D eigenvalue weighted by molar-refractivity contribution is 7.88. The highest BCUT2D eigenvalue weighted by atomic mass is 32.2. The number of carboxylic acid groups (broad SMARTS) is 1. The molecule has 6 heteroatoms. The number of rotatable bonds is 3. The molecule has 5 nitrogen and oxygen atoms in total. The van der Waals surface area contributed by atoms with Gasteiger partial charge in [-0.2, -0.15) is 0 Å². The largest absolute Gasteiger partial charge is 0.481 e. The van der Waals surface area contributed by atoms with Crippen LogP contribution in [0.15, 0.2) is 0 Å². The van der Waals surface area contributed by atoms with E-state index in [2.05, 4.69) is 0 Å². The van der Waals surface area contributed by atoms with Crippen molar-refractivity contribution >= 4 is 16.0 Å². The van der Waals surface area contributed by atoms with Crippen LogP contribution in [0.4, 0.5) is 0 Å². The van der Waals surface area contributed by atoms with E-state index in [-0.39, 0.29) is 5.92 Å². The summed E-state index contributed by atoms with van der Waals surface area (Å²) in [5.74, 6) is -1.36. The summed E-state index contributed by atoms with van der Waals surface area (Å²) in [5.41, 5.74) is 0. The Morgan fingerprint density at radius 3 is 2.31 bits per heavy atom. The molecule has 0 aliphatic carbocycles. The smallest absolute Gasteiger partial charge is 0.306 e. The molecule has 13 heavy (non-hydrogen) atoms. The van der Waals surface area contributed by atoms with Gasteiger partial charge in [-0.3, -0.25) is 4.79 Å². The molecule has 0 aromatic carbocycles. The Hall–Kier alpha value is -0.620. The van der Waals surface area contributed by atoms with Gasteiger partial charge in [0.25, 0.3) is 0 Å². The molecule has 0 aromatic rings. The standard InChI is InChI=1S/C7H13NO4S/c1-5(7(9)10)6-3-8(4-6)13(2,11)12/h5-6H,3-4H2,1-2H3,(H,9,10). The average Bonchev–Trinajstić information content (AvgIpc) is 1.79. The maximum Gasteiger partial charge on any atom is 0.306 e. The van der Waals surface area contributed by atoms with Gasteiger partial charge in [-0.1, -0.05) is 6.92 Å². The van der Waals surface area contributed by atoms with E-state index >= 15 is 0 Å². The quantitative estimate of drug-likeness (QED) is 0.683. The molecule has 0 saturated carbocycles. The van der Waals surface area contributed by atoms with Crippen LogP contribution in [0.1, 0.15) is 6.92 Å². The minimum atomic E-state index is -3.12. The number of carboxylic acids is 1. The Morgan fingerprint density at radius 2 is 2.00 bits per heavy atom. The average molecular weight is 207 g/mol. The first kappa shape index (κ1) is 10.5. The molecule has 1 rings (SSSR count). The molecule has 1 aliphatic rings. The second-order valence-corrected chi connectivity index (χ2v) is 5.45. The molecule has 0 bridgehead atoms. The summed E-state index contributed by atoms with van der Waals surface area (Å²) in [6.45, 7) is 2.28. The summed E-state index contributed by atoms with van der Waals surface area (Å²) in [5, 5.41) is 8.64. The van der Waals surface area contributed by atoms with E-state index in [9.17, 15) is 13.2 Å². The Kier molecular flexibility index (Phi) is 2.63. The Balaban J connectivity index is 2.47. The third-order valence-corrected chi connectivity index (χ3v) is 3.68. The summed E-state index contributed by atoms with van der Waals surface area (Å²) in [6.07, 6.45) is 1.13. The topological polar surface area (TPSA) is 74.7 Å². The monoisotopic (exact) mass is 207 g/mol. The second-order valence-electron chi connectivity index (χ2n) is 3.47. The van der Waals surface area contributed by atoms with Crippen molar-refractivity contribution in [2.45, 2.75) is 6.92 Å². The highest BCUT2D eigenvalue weighted by Crippen LogP contribution is 2.25. The fraction of sp³-hybridized carbons (Fsp3) is 0.857. The normalized spacial score (nSPS) is 22.3. The van der Waals surface area contributed by atoms with Crippen LogP contribution in [0, 0.1) is 11.8 Å². The van der Waals surface area contributed by atoms with Gasteiger partial charge in [0.05, 0.1) is 12.2 Å². The number of aliphatic carboxylic acids is 1. The van der Waals surface area contributed by atoms with E-state index in [4.69, 9.17) is 5.11 Å². The van der Waals surface area contributed by atoms with E-state index in [1.165, 1.54) is 4.31 Å². The van der Waals surface area contributed by atoms with Crippen molar-refractivity contribution in [3.63, 3.8) is 0 Å². The number of hydrogen-bond acceptors (Lipinski definition) is 3. The van der Waals surface area contributed by atoms with Crippen molar-refractivity contribution in [3.8, 4) is 0 Å². The molecule has 0 spiro atoms. The van der Waals surface area contributed by atoms with Crippen LogP contribution in [0.3, 0.4) is 0 Å². The van der Waals surface area contributed by atoms with E-state index in [0.29, 0.717) is 13.1 Å². The number of carbonyl (C=O) groups is 1. The van der Waals surface area contributed by atoms with E-state index in [0.717, 1.165) is 6.26 Å². The molecular weight excluding hydrogens is 194 g/mol. The summed E-state index contributed by atoms with van der Waals surface area (Å²) < 4.78 is 23.1. The van der Waals surface area contributed by atoms with Gasteiger partial charge in [-0.15, -0.1) is 0 Å². The van der Waals surface area contributed by atoms with Crippen LogP contribution in [0.25, 0.3) is 0 Å². The van der Waals surface area contributed by atoms with Gasteiger partial charge in [0, 0.05) is 13.1 Å². The third-order valence-electron chi connectivity index (χ3n) is 2.44. The minimum Gasteiger partial charge on any atom is -0.481 e. The van der Waals surface area contributed by atoms with Gasteiger partial charge in [-0.25, -0.2) is 12.7 Å². The van der Waals surface area contributed by atoms with Crippen molar-refractivity contribution in [1.29, 1.82) is 0 Å². The van der Waals surface area contributed by atoms with Gasteiger partial charge in [0.1, 0.15) is 0 Å². The first-order valence-corrected chi connectivity index (χ1v) is 5.85. The van der Waals surface area contributed by atoms with Crippen molar-refractivity contribution in [2.75, 3.05) is 19.3 Å². The molecule has 1 fully saturated rings. The zero-order valence-corrected chi connectivity index (χ0v) is 8.41. The maximum absolute atomic E-state index is 10.9. The van der Waals surface area contributed by atoms with Crippen molar-refractivity contribution in [2.24, 2.45) is 11.8 Å². The van der Waals surface area contributed by atoms with Crippen molar-refractivity contribution in [1.82, 2.24) is 4.31 Å². The van der Waals surface area contributed by atoms with Crippen molar-refractivity contribution < 1.29 is 18.3 Å². The van der Waals surface area contributed by atoms with Gasteiger partial charge in [0.15, 0.2) is 0 Å². The SMILES string of the molecule is CC(C(=O)O)C1CN(S(C)(=O)=O)C1. The van der Waals surface area contributed by atoms with Gasteiger partial charge in [0.2, 0.25) is 10.0 Å². The molecule has 1 unspecified atom stereocenters. The third kappa shape index (κ3) is 2.19. The van der Waals surface area contributed by atoms with Crippen LogP contribution >= 0.6 is 0 Å². The lowest BCUT2D eigenvalue weighted by atomic mass is 9.89. The first-order chi connectivity index (χ1) is 5.82. The number of hydrogen-bond donors (Lipinski definition) is 1. The van der Waals surface area contributed by atoms with E-state index < -0.39 is 21.9 Å². The van der Waals surface area contributed by atoms with Crippen LogP contribution < -0.4 is 0 Å². The lowest BCUT2D eigenvalue weighted by Gasteiger charge is -2.39. The summed E-state index contributed by atoms with van der Waals surface area (Å²) in [7, 11) is -3.12. The van der Waals surface area contributed by atoms with Crippen molar-refractivity contribution in [3.05, 3.63) is 0 Å². The molecule has 1 saturated heterocycles. The Morgan fingerprint density at radius 1 is 1.54 bits per heavy atom. The van der Waals surface area contributed by atoms with Gasteiger partial charge >= 0.3 is 5.97 Å². The minimum absolute atomic E-state index is 0.0350. The van der Waals surface area contributed by atoms with Crippen LogP contribution in [-0.4, -0.2) is 43.1 Å². The van der Waals surface area contributed by atoms with Crippen LogP contribution in [0.5, 0.6) is 0 Å². The van der Waals surface area contributed by atoms with Gasteiger partial charge < -0.3 is 5.11 Å². The lowest BCUT2D eigenvalue weighted by Crippen LogP contribution is -2.52. The molecule has 1 atom stereocenters. The summed E-state index contributed by atoms with van der Waals surface area (Å²) >= 11 is 0. The molecule has 1 aliphatic heterocycles. The fourth-order valence-electron chi connectivity index (χ4n) is 1.26. The van der Waals surface area contributed by atoms with E-state index in [1.807, 2.05) is 0 Å². The molecule has 0 amide bonds. The van der Waals surface area contributed by atoms with Crippen LogP contribution in [-0.2, 0) is 14.8 Å². The Bertz CT molecular complexity index is 304. The molecular formula is C7H13NO4S. The highest BCUT2D eigenvalue weighted by Gasteiger charge is 2.38. The zero-order chi connectivity index (χ0) is 10.2. The number of sulfonamides is 1. The number of nitrogens with zero attached hydrogens (tertiary/aromatic N) is 1. The van der Waals surface area contributed by atoms with Gasteiger partial charge in [-0.05, 0) is 5.92 Å². The van der Waals surface area contributed by atoms with Crippen LogP contribution in [0.2, 0.25) is 0 Å². The summed E-state index contributed by atoms with van der Waals surface area (Å²) in [6, 6.07) is 0. The molecule has 76 valence electrons. The molecule has 0 aromatic heterocycles. The maximum atomic E-state index is 10.9. The Labute approximate surface area is 77.4 Å². The molecule has 1 N–H and O–H groups in total. The lowest BCUT2D eigenvalue weighted by molar-refractivity contribution is -0.144.